The van der Waals surface area contributed by atoms with Crippen LogP contribution in [0.4, 0.5) is 0 Å². The van der Waals surface area contributed by atoms with Crippen LogP contribution in [0.5, 0.6) is 5.75 Å². The Morgan fingerprint density at radius 3 is 3.00 bits per heavy atom. The molecule has 0 bridgehead atoms. The van der Waals surface area contributed by atoms with Crippen LogP contribution in [-0.4, -0.2) is 31.8 Å². The third kappa shape index (κ3) is 6.09. The molecular formula is C14H20Cl2N2O3. The van der Waals surface area contributed by atoms with Crippen molar-refractivity contribution in [1.82, 2.24) is 5.32 Å². The number of nitrogens with one attached hydrogen (secondary N) is 1. The molecule has 0 saturated carbocycles. The second-order valence-electron chi connectivity index (χ2n) is 4.77. The van der Waals surface area contributed by atoms with Gasteiger partial charge in [-0.15, -0.1) is 12.4 Å². The van der Waals surface area contributed by atoms with Crippen LogP contribution in [0.2, 0.25) is 5.02 Å². The number of benzene rings is 1. The predicted molar refractivity (Wildman–Crippen MR) is 84.1 cm³/mol. The number of nitrogens with two attached hydrogens (primary N) is 1. The molecule has 2 rings (SSSR count). The molecule has 3 N–H and O–H groups in total. The van der Waals surface area contributed by atoms with Gasteiger partial charge in [0.1, 0.15) is 5.75 Å². The van der Waals surface area contributed by atoms with Gasteiger partial charge in [0.15, 0.2) is 6.61 Å². The van der Waals surface area contributed by atoms with Gasteiger partial charge in [0, 0.05) is 30.3 Å². The van der Waals surface area contributed by atoms with E-state index in [1.165, 1.54) is 0 Å². The topological polar surface area (TPSA) is 73.6 Å². The number of rotatable bonds is 7. The van der Waals surface area contributed by atoms with Crippen molar-refractivity contribution in [2.75, 3.05) is 19.8 Å². The van der Waals surface area contributed by atoms with Crippen molar-refractivity contribution in [2.45, 2.75) is 25.5 Å². The molecule has 1 saturated heterocycles. The first-order chi connectivity index (χ1) is 9.65. The first-order valence-corrected chi connectivity index (χ1v) is 7.05. The molecule has 118 valence electrons. The number of hydrogen-bond acceptors (Lipinski definition) is 4. The minimum atomic E-state index is -0.502. The summed E-state index contributed by atoms with van der Waals surface area (Å²) >= 11 is 5.99. The smallest absolute Gasteiger partial charge is 0.255 e. The Kier molecular flexibility index (Phi) is 7.82. The van der Waals surface area contributed by atoms with Crippen LogP contribution in [0.25, 0.3) is 0 Å². The molecule has 1 amide bonds. The largest absolute Gasteiger partial charge is 0.483 e. The Morgan fingerprint density at radius 2 is 2.33 bits per heavy atom. The van der Waals surface area contributed by atoms with E-state index in [2.05, 4.69) is 5.32 Å². The SMILES string of the molecule is Cl.NC(=O)COc1ccc(Cl)cc1CNCC1CCCO1. The summed E-state index contributed by atoms with van der Waals surface area (Å²) in [5, 5.41) is 3.95. The van der Waals surface area contributed by atoms with E-state index in [0.717, 1.165) is 31.6 Å². The number of halogens is 2. The Labute approximate surface area is 135 Å². The minimum Gasteiger partial charge on any atom is -0.483 e. The molecule has 1 atom stereocenters. The van der Waals surface area contributed by atoms with Gasteiger partial charge < -0.3 is 20.5 Å². The maximum Gasteiger partial charge on any atom is 0.255 e. The maximum absolute atomic E-state index is 10.8. The van der Waals surface area contributed by atoms with E-state index >= 15 is 0 Å². The lowest BCUT2D eigenvalue weighted by Gasteiger charge is -2.14. The summed E-state index contributed by atoms with van der Waals surface area (Å²) in [6.07, 6.45) is 2.49. The molecule has 1 heterocycles. The molecule has 7 heteroatoms. The highest BCUT2D eigenvalue weighted by atomic mass is 35.5. The summed E-state index contributed by atoms with van der Waals surface area (Å²) in [5.41, 5.74) is 5.98. The average Bonchev–Trinajstić information content (AvgIpc) is 2.91. The van der Waals surface area contributed by atoms with Gasteiger partial charge in [-0.2, -0.15) is 0 Å². The third-order valence-corrected chi connectivity index (χ3v) is 3.34. The molecule has 0 aromatic heterocycles. The first-order valence-electron chi connectivity index (χ1n) is 6.67. The molecule has 1 aliphatic rings. The second kappa shape index (κ2) is 9.10. The highest BCUT2D eigenvalue weighted by molar-refractivity contribution is 6.30. The van der Waals surface area contributed by atoms with E-state index in [0.29, 0.717) is 17.3 Å². The maximum atomic E-state index is 10.8. The molecule has 1 fully saturated rings. The fourth-order valence-corrected chi connectivity index (χ4v) is 2.34. The minimum absolute atomic E-state index is 0. The van der Waals surface area contributed by atoms with Gasteiger partial charge in [0.05, 0.1) is 6.10 Å². The normalized spacial score (nSPS) is 17.3. The summed E-state index contributed by atoms with van der Waals surface area (Å²) in [6.45, 7) is 2.10. The lowest BCUT2D eigenvalue weighted by atomic mass is 10.2. The lowest BCUT2D eigenvalue weighted by molar-refractivity contribution is -0.119. The zero-order valence-electron chi connectivity index (χ0n) is 11.6. The van der Waals surface area contributed by atoms with E-state index < -0.39 is 5.91 Å². The average molecular weight is 335 g/mol. The number of hydrogen-bond donors (Lipinski definition) is 2. The number of carbonyl (C=O) groups excluding carboxylic acids is 1. The van der Waals surface area contributed by atoms with Crippen LogP contribution in [0.1, 0.15) is 18.4 Å². The van der Waals surface area contributed by atoms with Gasteiger partial charge in [-0.1, -0.05) is 11.6 Å². The molecule has 1 aromatic carbocycles. The van der Waals surface area contributed by atoms with Crippen LogP contribution >= 0.6 is 24.0 Å². The van der Waals surface area contributed by atoms with Gasteiger partial charge >= 0.3 is 0 Å². The number of amides is 1. The molecule has 0 radical (unpaired) electrons. The van der Waals surface area contributed by atoms with Crippen LogP contribution < -0.4 is 15.8 Å². The van der Waals surface area contributed by atoms with Gasteiger partial charge in [-0.25, -0.2) is 0 Å². The van der Waals surface area contributed by atoms with Gasteiger partial charge in [-0.05, 0) is 31.0 Å². The Balaban J connectivity index is 0.00000220. The van der Waals surface area contributed by atoms with E-state index in [-0.39, 0.29) is 25.1 Å². The fourth-order valence-electron chi connectivity index (χ4n) is 2.15. The van der Waals surface area contributed by atoms with Crippen LogP contribution in [0.3, 0.4) is 0 Å². The third-order valence-electron chi connectivity index (χ3n) is 3.10. The van der Waals surface area contributed by atoms with E-state index in [9.17, 15) is 4.79 Å². The van der Waals surface area contributed by atoms with Crippen molar-refractivity contribution in [3.05, 3.63) is 28.8 Å². The van der Waals surface area contributed by atoms with Crippen molar-refractivity contribution < 1.29 is 14.3 Å². The van der Waals surface area contributed by atoms with E-state index in [1.807, 2.05) is 6.07 Å². The molecule has 1 aromatic rings. The summed E-state index contributed by atoms with van der Waals surface area (Å²) in [7, 11) is 0. The number of carbonyl (C=O) groups is 1. The van der Waals surface area contributed by atoms with Crippen molar-refractivity contribution in [3.8, 4) is 5.75 Å². The summed E-state index contributed by atoms with van der Waals surface area (Å²) < 4.78 is 10.9. The van der Waals surface area contributed by atoms with Crippen LogP contribution in [0.15, 0.2) is 18.2 Å². The Bertz CT molecular complexity index is 466. The summed E-state index contributed by atoms with van der Waals surface area (Å²) in [6, 6.07) is 5.29. The van der Waals surface area contributed by atoms with E-state index in [1.54, 1.807) is 12.1 Å². The summed E-state index contributed by atoms with van der Waals surface area (Å²) in [4.78, 5) is 10.8. The number of primary amides is 1. The Morgan fingerprint density at radius 1 is 1.52 bits per heavy atom. The van der Waals surface area contributed by atoms with Gasteiger partial charge in [-0.3, -0.25) is 4.79 Å². The van der Waals surface area contributed by atoms with Crippen molar-refractivity contribution in [3.63, 3.8) is 0 Å². The Hall–Kier alpha value is -1.01. The molecule has 5 nitrogen and oxygen atoms in total. The second-order valence-corrected chi connectivity index (χ2v) is 5.21. The molecular weight excluding hydrogens is 315 g/mol. The molecule has 1 unspecified atom stereocenters. The van der Waals surface area contributed by atoms with Crippen molar-refractivity contribution in [2.24, 2.45) is 5.73 Å². The van der Waals surface area contributed by atoms with Gasteiger partial charge in [0.25, 0.3) is 5.91 Å². The van der Waals surface area contributed by atoms with Crippen LogP contribution in [-0.2, 0) is 16.1 Å². The predicted octanol–water partition coefficient (Wildman–Crippen LogP) is 1.89. The monoisotopic (exact) mass is 334 g/mol. The van der Waals surface area contributed by atoms with Crippen LogP contribution in [0, 0.1) is 0 Å². The van der Waals surface area contributed by atoms with Crippen molar-refractivity contribution >= 4 is 29.9 Å². The first kappa shape index (κ1) is 18.0. The van der Waals surface area contributed by atoms with Gasteiger partial charge in [0.2, 0.25) is 0 Å². The molecule has 0 spiro atoms. The van der Waals surface area contributed by atoms with E-state index in [4.69, 9.17) is 26.8 Å². The molecule has 1 aliphatic heterocycles. The zero-order chi connectivity index (χ0) is 14.4. The zero-order valence-corrected chi connectivity index (χ0v) is 13.2. The quantitative estimate of drug-likeness (QED) is 0.798. The molecule has 0 aliphatic carbocycles. The molecule has 21 heavy (non-hydrogen) atoms. The standard InChI is InChI=1S/C14H19ClN2O3.ClH/c15-11-3-4-13(20-9-14(16)18)10(6-11)7-17-8-12-2-1-5-19-12;/h3-4,6,12,17H,1-2,5,7-9H2,(H2,16,18);1H. The number of ether oxygens (including phenoxy) is 2. The highest BCUT2D eigenvalue weighted by Crippen LogP contribution is 2.23. The summed E-state index contributed by atoms with van der Waals surface area (Å²) in [5.74, 6) is 0.117. The highest BCUT2D eigenvalue weighted by Gasteiger charge is 2.15. The van der Waals surface area contributed by atoms with Crippen molar-refractivity contribution in [1.29, 1.82) is 0 Å². The lowest BCUT2D eigenvalue weighted by Crippen LogP contribution is -2.26. The fraction of sp³-hybridized carbons (Fsp3) is 0.500.